The number of aryl methyl sites for hydroxylation is 1. The summed E-state index contributed by atoms with van der Waals surface area (Å²) in [7, 11) is -2.55. The summed E-state index contributed by atoms with van der Waals surface area (Å²) in [6.07, 6.45) is -0.289. The fraction of sp³-hybridized carbons (Fsp3) is 0.692. The molecule has 25 heavy (non-hydrogen) atoms. The molecule has 11 nitrogen and oxygen atoms in total. The smallest absolute Gasteiger partial charge is 0.330 e. The molecule has 4 N–H and O–H groups in total. The van der Waals surface area contributed by atoms with Crippen LogP contribution in [0.15, 0.2) is 15.8 Å². The van der Waals surface area contributed by atoms with E-state index in [4.69, 9.17) is 33.6 Å². The minimum atomic E-state index is -2.55. The molecule has 1 aliphatic rings. The summed E-state index contributed by atoms with van der Waals surface area (Å²) in [6.45, 7) is 1.26. The molecule has 2 unspecified atom stereocenters. The van der Waals surface area contributed by atoms with Crippen molar-refractivity contribution in [2.75, 3.05) is 26.6 Å². The maximum Gasteiger partial charge on any atom is 0.330 e. The van der Waals surface area contributed by atoms with Gasteiger partial charge in [-0.3, -0.25) is 14.3 Å². The summed E-state index contributed by atoms with van der Waals surface area (Å²) in [6, 6.07) is 0. The zero-order valence-electron chi connectivity index (χ0n) is 13.5. The van der Waals surface area contributed by atoms with Crippen LogP contribution in [-0.4, -0.2) is 63.3 Å². The number of hydrogen-bond acceptors (Lipinski definition) is 9. The van der Waals surface area contributed by atoms with Gasteiger partial charge in [-0.1, -0.05) is 0 Å². The Kier molecular flexibility index (Phi) is 7.66. The highest BCUT2D eigenvalue weighted by Crippen LogP contribution is 2.33. The van der Waals surface area contributed by atoms with E-state index in [1.165, 1.54) is 10.8 Å². The number of aliphatic hydroxyl groups excluding tert-OH is 1. The molecule has 1 fully saturated rings. The second-order valence-electron chi connectivity index (χ2n) is 5.35. The van der Waals surface area contributed by atoms with E-state index in [0.29, 0.717) is 5.56 Å². The van der Waals surface area contributed by atoms with Crippen LogP contribution in [0.4, 0.5) is 0 Å². The Hall–Kier alpha value is -1.17. The van der Waals surface area contributed by atoms with Crippen LogP contribution < -0.4 is 11.2 Å². The minimum absolute atomic E-state index is 0.106. The van der Waals surface area contributed by atoms with Gasteiger partial charge in [0.2, 0.25) is 0 Å². The molecule has 0 aliphatic carbocycles. The summed E-state index contributed by atoms with van der Waals surface area (Å²) in [5.41, 5.74) is -0.750. The van der Waals surface area contributed by atoms with Crippen molar-refractivity contribution in [2.24, 2.45) is 0 Å². The fourth-order valence-electron chi connectivity index (χ4n) is 2.40. The monoisotopic (exact) mass is 380 g/mol. The Morgan fingerprint density at radius 2 is 2.20 bits per heavy atom. The van der Waals surface area contributed by atoms with Crippen LogP contribution in [0.5, 0.6) is 0 Å². The maximum atomic E-state index is 12.0. The van der Waals surface area contributed by atoms with Gasteiger partial charge in [0.05, 0.1) is 25.9 Å². The first-order chi connectivity index (χ1) is 11.9. The van der Waals surface area contributed by atoms with Crippen LogP contribution in [0, 0.1) is 6.92 Å². The van der Waals surface area contributed by atoms with E-state index >= 15 is 0 Å². The van der Waals surface area contributed by atoms with Crippen LogP contribution in [0.2, 0.25) is 0 Å². The lowest BCUT2D eigenvalue weighted by atomic mass is 10.2. The van der Waals surface area contributed by atoms with Crippen molar-refractivity contribution < 1.29 is 33.6 Å². The van der Waals surface area contributed by atoms with Gasteiger partial charge < -0.3 is 33.6 Å². The minimum Gasteiger partial charge on any atom is -0.394 e. The Morgan fingerprint density at radius 3 is 2.88 bits per heavy atom. The molecule has 0 spiro atoms. The molecule has 12 heteroatoms. The lowest BCUT2D eigenvalue weighted by Crippen LogP contribution is -2.33. The SMILES string of the molecule is Cc1cn(C2CC(OCOCCO)[C@@H](COP(O)O)O2)c(=O)[nH]c1=O. The van der Waals surface area contributed by atoms with Crippen molar-refractivity contribution in [3.8, 4) is 0 Å². The molecule has 1 saturated heterocycles. The summed E-state index contributed by atoms with van der Waals surface area (Å²) in [5.74, 6) is 0. The second kappa shape index (κ2) is 9.51. The number of ether oxygens (including phenoxy) is 3. The van der Waals surface area contributed by atoms with E-state index in [-0.39, 0.29) is 33.0 Å². The highest BCUT2D eigenvalue weighted by molar-refractivity contribution is 7.39. The number of rotatable bonds is 9. The fourth-order valence-corrected chi connectivity index (χ4v) is 2.68. The number of nitrogens with zero attached hydrogens (tertiary/aromatic N) is 1. The van der Waals surface area contributed by atoms with Crippen molar-refractivity contribution in [3.63, 3.8) is 0 Å². The van der Waals surface area contributed by atoms with Gasteiger partial charge in [-0.2, -0.15) is 0 Å². The third-order valence-corrected chi connectivity index (χ3v) is 3.97. The maximum absolute atomic E-state index is 12.0. The number of hydrogen-bond donors (Lipinski definition) is 4. The van der Waals surface area contributed by atoms with Gasteiger partial charge in [0, 0.05) is 18.2 Å². The molecule has 0 saturated carbocycles. The van der Waals surface area contributed by atoms with Crippen LogP contribution in [0.25, 0.3) is 0 Å². The topological polar surface area (TPSA) is 152 Å². The summed E-state index contributed by atoms with van der Waals surface area (Å²) < 4.78 is 22.3. The quantitative estimate of drug-likeness (QED) is 0.233. The standard InChI is InChI=1S/C13H21N2O9P/c1-8-5-15(13(18)14-12(8)17)11-4-9(22-7-21-3-2-16)10(24-11)6-23-25(19)20/h5,9-11,16,19-20H,2-4,6-7H2,1H3,(H,14,17,18)/t9?,10-,11?/m1/s1. The van der Waals surface area contributed by atoms with Gasteiger partial charge in [-0.15, -0.1) is 0 Å². The normalized spacial score (nSPS) is 23.5. The molecule has 0 amide bonds. The Morgan fingerprint density at radius 1 is 1.44 bits per heavy atom. The first kappa shape index (κ1) is 20.1. The number of H-pyrrole nitrogens is 1. The molecular weight excluding hydrogens is 359 g/mol. The van der Waals surface area contributed by atoms with Crippen molar-refractivity contribution in [1.82, 2.24) is 9.55 Å². The van der Waals surface area contributed by atoms with Gasteiger partial charge in [0.25, 0.3) is 5.56 Å². The lowest BCUT2D eigenvalue weighted by molar-refractivity contribution is -0.120. The van der Waals surface area contributed by atoms with E-state index in [9.17, 15) is 9.59 Å². The molecule has 0 aromatic carbocycles. The van der Waals surface area contributed by atoms with E-state index in [1.807, 2.05) is 0 Å². The predicted octanol–water partition coefficient (Wildman–Crippen LogP) is -1.29. The summed E-state index contributed by atoms with van der Waals surface area (Å²) in [5, 5.41) is 8.68. The molecule has 0 radical (unpaired) electrons. The van der Waals surface area contributed by atoms with Crippen molar-refractivity contribution in [1.29, 1.82) is 0 Å². The first-order valence-corrected chi connectivity index (χ1v) is 8.67. The van der Waals surface area contributed by atoms with Crippen LogP contribution in [0.3, 0.4) is 0 Å². The summed E-state index contributed by atoms with van der Waals surface area (Å²) >= 11 is 0. The molecule has 142 valence electrons. The van der Waals surface area contributed by atoms with Crippen LogP contribution >= 0.6 is 8.60 Å². The average molecular weight is 380 g/mol. The molecule has 0 bridgehead atoms. The molecule has 2 heterocycles. The third-order valence-electron chi connectivity index (χ3n) is 3.59. The highest BCUT2D eigenvalue weighted by Gasteiger charge is 2.38. The Labute approximate surface area is 143 Å². The van der Waals surface area contributed by atoms with Crippen molar-refractivity contribution in [3.05, 3.63) is 32.6 Å². The zero-order valence-corrected chi connectivity index (χ0v) is 14.4. The lowest BCUT2D eigenvalue weighted by Gasteiger charge is -2.19. The molecule has 1 aliphatic heterocycles. The number of nitrogens with one attached hydrogen (secondary N) is 1. The molecule has 3 atom stereocenters. The zero-order chi connectivity index (χ0) is 18.4. The molecule has 1 aromatic rings. The number of aliphatic hydroxyl groups is 1. The van der Waals surface area contributed by atoms with E-state index < -0.39 is 38.3 Å². The first-order valence-electron chi connectivity index (χ1n) is 7.51. The largest absolute Gasteiger partial charge is 0.394 e. The van der Waals surface area contributed by atoms with Crippen LogP contribution in [0.1, 0.15) is 18.2 Å². The number of aromatic amines is 1. The van der Waals surface area contributed by atoms with Crippen molar-refractivity contribution in [2.45, 2.75) is 31.8 Å². The van der Waals surface area contributed by atoms with E-state index in [2.05, 4.69) is 4.98 Å². The highest BCUT2D eigenvalue weighted by atomic mass is 31.2. The van der Waals surface area contributed by atoms with E-state index in [0.717, 1.165) is 0 Å². The van der Waals surface area contributed by atoms with Gasteiger partial charge in [0.1, 0.15) is 19.1 Å². The van der Waals surface area contributed by atoms with E-state index in [1.54, 1.807) is 6.92 Å². The second-order valence-corrected chi connectivity index (χ2v) is 6.11. The summed E-state index contributed by atoms with van der Waals surface area (Å²) in [4.78, 5) is 43.4. The average Bonchev–Trinajstić information content (AvgIpc) is 2.96. The molecular formula is C13H21N2O9P. The molecule has 2 rings (SSSR count). The Bertz CT molecular complexity index is 662. The van der Waals surface area contributed by atoms with Gasteiger partial charge in [-0.05, 0) is 6.92 Å². The Balaban J connectivity index is 2.09. The van der Waals surface area contributed by atoms with Crippen molar-refractivity contribution >= 4 is 8.60 Å². The van der Waals surface area contributed by atoms with Gasteiger partial charge in [0.15, 0.2) is 0 Å². The van der Waals surface area contributed by atoms with Gasteiger partial charge in [-0.25, -0.2) is 4.79 Å². The van der Waals surface area contributed by atoms with Gasteiger partial charge >= 0.3 is 14.3 Å². The number of aromatic nitrogens is 2. The molecule has 1 aromatic heterocycles. The third kappa shape index (κ3) is 5.66. The predicted molar refractivity (Wildman–Crippen MR) is 84.7 cm³/mol. The van der Waals surface area contributed by atoms with Crippen LogP contribution in [-0.2, 0) is 18.7 Å².